The van der Waals surface area contributed by atoms with Crippen LogP contribution in [0.4, 0.5) is 0 Å². The lowest BCUT2D eigenvalue weighted by atomic mass is 9.91. The van der Waals surface area contributed by atoms with Crippen molar-refractivity contribution in [3.05, 3.63) is 35.3 Å². The highest BCUT2D eigenvalue weighted by Crippen LogP contribution is 2.30. The van der Waals surface area contributed by atoms with E-state index in [0.29, 0.717) is 11.8 Å². The number of aryl methyl sites for hydroxylation is 1. The first-order valence-electron chi connectivity index (χ1n) is 9.26. The molecular weight excluding hydrogens is 344 g/mol. The topological polar surface area (TPSA) is 51.0 Å². The van der Waals surface area contributed by atoms with Crippen LogP contribution < -0.4 is 0 Å². The Hall–Kier alpha value is -2.21. The number of carbonyl (C=O) groups excluding carboxylic acids is 1. The first kappa shape index (κ1) is 17.2. The summed E-state index contributed by atoms with van der Waals surface area (Å²) in [6.45, 7) is 8.87. The second-order valence-corrected chi connectivity index (χ2v) is 8.33. The smallest absolute Gasteiger partial charge is 0.254 e. The van der Waals surface area contributed by atoms with Gasteiger partial charge in [-0.1, -0.05) is 19.9 Å². The Morgan fingerprint density at radius 3 is 2.73 bits per heavy atom. The van der Waals surface area contributed by atoms with Crippen LogP contribution in [0.5, 0.6) is 0 Å². The van der Waals surface area contributed by atoms with Crippen LogP contribution in [-0.4, -0.2) is 38.7 Å². The zero-order valence-corrected chi connectivity index (χ0v) is 16.3. The van der Waals surface area contributed by atoms with E-state index < -0.39 is 0 Å². The van der Waals surface area contributed by atoms with Gasteiger partial charge in [0.25, 0.3) is 5.91 Å². The van der Waals surface area contributed by atoms with E-state index in [4.69, 9.17) is 4.98 Å². The van der Waals surface area contributed by atoms with Crippen LogP contribution in [-0.2, 0) is 6.54 Å². The van der Waals surface area contributed by atoms with Crippen LogP contribution in [0, 0.1) is 11.8 Å². The Kier molecular flexibility index (Phi) is 4.53. The molecule has 1 fully saturated rings. The van der Waals surface area contributed by atoms with E-state index in [2.05, 4.69) is 18.9 Å². The molecule has 1 saturated heterocycles. The average molecular weight is 369 g/mol. The molecule has 0 bridgehead atoms. The van der Waals surface area contributed by atoms with Gasteiger partial charge >= 0.3 is 0 Å². The van der Waals surface area contributed by atoms with E-state index in [1.165, 1.54) is 6.42 Å². The summed E-state index contributed by atoms with van der Waals surface area (Å²) in [5.74, 6) is 1.18. The molecule has 3 aromatic rings. The number of carbonyl (C=O) groups is 1. The summed E-state index contributed by atoms with van der Waals surface area (Å²) in [5.41, 5.74) is 2.36. The Bertz CT molecular complexity index is 921. The van der Waals surface area contributed by atoms with Crippen molar-refractivity contribution in [1.29, 1.82) is 0 Å². The number of aromatic nitrogens is 3. The number of likely N-dealkylation sites (tertiary alicyclic amines) is 1. The molecule has 5 nitrogen and oxygen atoms in total. The third-order valence-corrected chi connectivity index (χ3v) is 5.96. The zero-order chi connectivity index (χ0) is 18.3. The van der Waals surface area contributed by atoms with Gasteiger partial charge in [0.1, 0.15) is 0 Å². The molecule has 2 atom stereocenters. The number of hydrogen-bond donors (Lipinski definition) is 0. The predicted octanol–water partition coefficient (Wildman–Crippen LogP) is 4.30. The van der Waals surface area contributed by atoms with Crippen LogP contribution in [0.1, 0.15) is 37.6 Å². The molecule has 0 aliphatic carbocycles. The Labute approximate surface area is 157 Å². The molecule has 136 valence electrons. The first-order chi connectivity index (χ1) is 12.6. The molecule has 1 aliphatic rings. The fourth-order valence-corrected chi connectivity index (χ4v) is 4.69. The number of hydrogen-bond acceptors (Lipinski definition) is 4. The number of thiophene rings is 1. The molecule has 6 heteroatoms. The quantitative estimate of drug-likeness (QED) is 0.693. The molecule has 2 unspecified atom stereocenters. The van der Waals surface area contributed by atoms with Crippen LogP contribution in [0.15, 0.2) is 29.8 Å². The van der Waals surface area contributed by atoms with Gasteiger partial charge < -0.3 is 4.90 Å². The zero-order valence-electron chi connectivity index (χ0n) is 15.5. The van der Waals surface area contributed by atoms with Crippen molar-refractivity contribution in [2.24, 2.45) is 11.8 Å². The maximum Gasteiger partial charge on any atom is 0.254 e. The molecule has 1 aliphatic heterocycles. The Morgan fingerprint density at radius 1 is 1.31 bits per heavy atom. The van der Waals surface area contributed by atoms with Crippen molar-refractivity contribution >= 4 is 28.3 Å². The van der Waals surface area contributed by atoms with Gasteiger partial charge in [-0.05, 0) is 42.7 Å². The number of piperidine rings is 1. The van der Waals surface area contributed by atoms with Gasteiger partial charge in [-0.2, -0.15) is 5.10 Å². The van der Waals surface area contributed by atoms with Gasteiger partial charge in [0.05, 0.1) is 27.7 Å². The molecule has 0 spiro atoms. The van der Waals surface area contributed by atoms with Gasteiger partial charge in [0.15, 0.2) is 5.65 Å². The number of pyridine rings is 1. The standard InChI is InChI=1S/C20H24N4OS/c1-4-24-19-16(10-21-24)15(9-17(22-19)18-6-5-7-26-18)20(25)23-11-13(2)8-14(3)12-23/h5-7,9-10,13-14H,4,8,11-12H2,1-3H3. The molecule has 4 rings (SSSR count). The van der Waals surface area contributed by atoms with Crippen LogP contribution in [0.2, 0.25) is 0 Å². The molecule has 1 amide bonds. The lowest BCUT2D eigenvalue weighted by Gasteiger charge is -2.35. The summed E-state index contributed by atoms with van der Waals surface area (Å²) in [6, 6.07) is 6.01. The molecule has 0 saturated carbocycles. The van der Waals surface area contributed by atoms with E-state index in [9.17, 15) is 4.79 Å². The van der Waals surface area contributed by atoms with E-state index in [-0.39, 0.29) is 5.91 Å². The highest BCUT2D eigenvalue weighted by atomic mass is 32.1. The van der Waals surface area contributed by atoms with Crippen molar-refractivity contribution in [3.8, 4) is 10.6 Å². The second-order valence-electron chi connectivity index (χ2n) is 7.39. The molecule has 26 heavy (non-hydrogen) atoms. The predicted molar refractivity (Wildman–Crippen MR) is 105 cm³/mol. The Morgan fingerprint density at radius 2 is 2.08 bits per heavy atom. The summed E-state index contributed by atoms with van der Waals surface area (Å²) >= 11 is 1.64. The maximum atomic E-state index is 13.4. The highest BCUT2D eigenvalue weighted by Gasteiger charge is 2.28. The van der Waals surface area contributed by atoms with E-state index in [0.717, 1.165) is 46.8 Å². The normalized spacial score (nSPS) is 20.7. The summed E-state index contributed by atoms with van der Waals surface area (Å²) in [6.07, 6.45) is 2.97. The summed E-state index contributed by atoms with van der Waals surface area (Å²) in [4.78, 5) is 21.3. The number of rotatable bonds is 3. The van der Waals surface area contributed by atoms with E-state index in [1.54, 1.807) is 17.5 Å². The fourth-order valence-electron chi connectivity index (χ4n) is 4.01. The van der Waals surface area contributed by atoms with E-state index >= 15 is 0 Å². The van der Waals surface area contributed by atoms with Gasteiger partial charge in [-0.3, -0.25) is 4.79 Å². The van der Waals surface area contributed by atoms with Crippen molar-refractivity contribution < 1.29 is 4.79 Å². The molecular formula is C20H24N4OS. The van der Waals surface area contributed by atoms with Crippen molar-refractivity contribution in [2.75, 3.05) is 13.1 Å². The number of amides is 1. The van der Waals surface area contributed by atoms with Crippen molar-refractivity contribution in [2.45, 2.75) is 33.7 Å². The minimum absolute atomic E-state index is 0.101. The van der Waals surface area contributed by atoms with Crippen molar-refractivity contribution in [3.63, 3.8) is 0 Å². The first-order valence-corrected chi connectivity index (χ1v) is 10.1. The maximum absolute atomic E-state index is 13.4. The Balaban J connectivity index is 1.82. The summed E-state index contributed by atoms with van der Waals surface area (Å²) in [5, 5.41) is 7.33. The summed E-state index contributed by atoms with van der Waals surface area (Å²) in [7, 11) is 0. The van der Waals surface area contributed by atoms with Gasteiger partial charge in [-0.15, -0.1) is 11.3 Å². The highest BCUT2D eigenvalue weighted by molar-refractivity contribution is 7.13. The number of nitrogens with zero attached hydrogens (tertiary/aromatic N) is 4. The van der Waals surface area contributed by atoms with Crippen molar-refractivity contribution in [1.82, 2.24) is 19.7 Å². The van der Waals surface area contributed by atoms with Gasteiger partial charge in [0.2, 0.25) is 0 Å². The monoisotopic (exact) mass is 368 g/mol. The van der Waals surface area contributed by atoms with Crippen LogP contribution >= 0.6 is 11.3 Å². The lowest BCUT2D eigenvalue weighted by molar-refractivity contribution is 0.0625. The molecule has 4 heterocycles. The minimum atomic E-state index is 0.101. The van der Waals surface area contributed by atoms with Gasteiger partial charge in [-0.25, -0.2) is 9.67 Å². The van der Waals surface area contributed by atoms with Gasteiger partial charge in [0, 0.05) is 19.6 Å². The molecule has 0 aromatic carbocycles. The average Bonchev–Trinajstić information content (AvgIpc) is 3.28. The molecule has 0 radical (unpaired) electrons. The minimum Gasteiger partial charge on any atom is -0.338 e. The van der Waals surface area contributed by atoms with E-state index in [1.807, 2.05) is 40.1 Å². The summed E-state index contributed by atoms with van der Waals surface area (Å²) < 4.78 is 1.87. The third kappa shape index (κ3) is 3.03. The molecule has 0 N–H and O–H groups in total. The van der Waals surface area contributed by atoms with Crippen LogP contribution in [0.3, 0.4) is 0 Å². The largest absolute Gasteiger partial charge is 0.338 e. The lowest BCUT2D eigenvalue weighted by Crippen LogP contribution is -2.42. The third-order valence-electron chi connectivity index (χ3n) is 5.07. The fraction of sp³-hybridized carbons (Fsp3) is 0.450. The number of fused-ring (bicyclic) bond motifs is 1. The molecule has 3 aromatic heterocycles. The second kappa shape index (κ2) is 6.83. The SMILES string of the molecule is CCn1ncc2c(C(=O)N3CC(C)CC(C)C3)cc(-c3cccs3)nc21. The van der Waals surface area contributed by atoms with Crippen LogP contribution in [0.25, 0.3) is 21.6 Å².